The third-order valence-electron chi connectivity index (χ3n) is 1.88. The van der Waals surface area contributed by atoms with Gasteiger partial charge in [0.15, 0.2) is 7.85 Å². The summed E-state index contributed by atoms with van der Waals surface area (Å²) in [7, 11) is 5.18. The molecule has 0 spiro atoms. The standard InChI is InChI=1S/C9H15BO2/c1-8(2,6-11)5-9(3,4)7(10)12/h6H,5H2,1-4H3. The van der Waals surface area contributed by atoms with E-state index < -0.39 is 10.8 Å². The highest BCUT2D eigenvalue weighted by atomic mass is 16.1. The van der Waals surface area contributed by atoms with Crippen LogP contribution in [0, 0.1) is 10.8 Å². The van der Waals surface area contributed by atoms with E-state index in [1.165, 1.54) is 0 Å². The van der Waals surface area contributed by atoms with Crippen LogP contribution in [0.25, 0.3) is 0 Å². The largest absolute Gasteiger partial charge is 0.312 e. The molecule has 2 radical (unpaired) electrons. The van der Waals surface area contributed by atoms with Gasteiger partial charge in [0.1, 0.15) is 6.29 Å². The third-order valence-corrected chi connectivity index (χ3v) is 1.88. The highest BCUT2D eigenvalue weighted by Crippen LogP contribution is 2.31. The van der Waals surface area contributed by atoms with Crippen molar-refractivity contribution in [2.24, 2.45) is 10.8 Å². The molecule has 0 fully saturated rings. The normalized spacial score (nSPS) is 12.7. The van der Waals surface area contributed by atoms with Gasteiger partial charge in [-0.05, 0) is 6.42 Å². The van der Waals surface area contributed by atoms with E-state index in [2.05, 4.69) is 0 Å². The first kappa shape index (κ1) is 11.4. The number of hydrogen-bond donors (Lipinski definition) is 0. The Balaban J connectivity index is 4.44. The number of carbonyl (C=O) groups is 2. The van der Waals surface area contributed by atoms with E-state index in [1.54, 1.807) is 27.7 Å². The van der Waals surface area contributed by atoms with Gasteiger partial charge in [-0.3, -0.25) is 0 Å². The number of carbonyl (C=O) groups excluding carboxylic acids is 2. The molecule has 0 saturated heterocycles. The molecule has 0 atom stereocenters. The maximum atomic E-state index is 10.9. The Kier molecular flexibility index (Phi) is 3.25. The van der Waals surface area contributed by atoms with Gasteiger partial charge in [0, 0.05) is 10.8 Å². The van der Waals surface area contributed by atoms with Crippen molar-refractivity contribution in [2.75, 3.05) is 0 Å². The van der Waals surface area contributed by atoms with Gasteiger partial charge in [0.2, 0.25) is 0 Å². The van der Waals surface area contributed by atoms with E-state index in [9.17, 15) is 9.59 Å². The summed E-state index contributed by atoms with van der Waals surface area (Å²) >= 11 is 0. The zero-order valence-electron chi connectivity index (χ0n) is 8.18. The monoisotopic (exact) mass is 166 g/mol. The molecule has 0 aliphatic heterocycles. The zero-order chi connectivity index (χ0) is 9.99. The van der Waals surface area contributed by atoms with Gasteiger partial charge in [0.05, 0.1) is 5.68 Å². The fourth-order valence-electron chi connectivity index (χ4n) is 1.27. The van der Waals surface area contributed by atoms with Gasteiger partial charge in [-0.25, -0.2) is 0 Å². The molecule has 0 aromatic heterocycles. The second kappa shape index (κ2) is 3.42. The molecule has 0 N–H and O–H groups in total. The van der Waals surface area contributed by atoms with Crippen molar-refractivity contribution in [2.45, 2.75) is 34.1 Å². The molecule has 0 heterocycles. The van der Waals surface area contributed by atoms with Crippen LogP contribution in [0.4, 0.5) is 0 Å². The molecule has 12 heavy (non-hydrogen) atoms. The van der Waals surface area contributed by atoms with E-state index in [0.717, 1.165) is 6.29 Å². The van der Waals surface area contributed by atoms with Crippen molar-refractivity contribution in [3.8, 4) is 0 Å². The molecule has 3 heteroatoms. The minimum absolute atomic E-state index is 0.363. The average Bonchev–Trinajstić information content (AvgIpc) is 1.85. The van der Waals surface area contributed by atoms with E-state index >= 15 is 0 Å². The Morgan fingerprint density at radius 2 is 1.75 bits per heavy atom. The maximum absolute atomic E-state index is 10.9. The molecule has 0 saturated carbocycles. The molecular formula is C9H15BO2. The summed E-state index contributed by atoms with van der Waals surface area (Å²) in [5.74, 6) is 0. The molecule has 0 aliphatic rings. The molecule has 0 rings (SSSR count). The predicted molar refractivity (Wildman–Crippen MR) is 49.0 cm³/mol. The number of hydrogen-bond acceptors (Lipinski definition) is 2. The van der Waals surface area contributed by atoms with Crippen molar-refractivity contribution in [3.05, 3.63) is 0 Å². The molecule has 0 unspecified atom stereocenters. The summed E-state index contributed by atoms with van der Waals surface area (Å²) in [6, 6.07) is 0. The first-order valence-electron chi connectivity index (χ1n) is 3.97. The van der Waals surface area contributed by atoms with E-state index in [-0.39, 0.29) is 5.68 Å². The van der Waals surface area contributed by atoms with Crippen LogP contribution in [0.1, 0.15) is 34.1 Å². The fourth-order valence-corrected chi connectivity index (χ4v) is 1.27. The molecule has 0 bridgehead atoms. The second-order valence-electron chi connectivity index (χ2n) is 4.53. The van der Waals surface area contributed by atoms with Crippen LogP contribution in [0.2, 0.25) is 0 Å². The summed E-state index contributed by atoms with van der Waals surface area (Å²) in [6.45, 7) is 7.09. The predicted octanol–water partition coefficient (Wildman–Crippen LogP) is 1.32. The smallest absolute Gasteiger partial charge is 0.168 e. The van der Waals surface area contributed by atoms with Gasteiger partial charge in [0.25, 0.3) is 0 Å². The SMILES string of the molecule is [B]C(=O)C(C)(C)CC(C)(C)C=O. The minimum Gasteiger partial charge on any atom is -0.312 e. The van der Waals surface area contributed by atoms with Crippen LogP contribution in [0.3, 0.4) is 0 Å². The summed E-state index contributed by atoms with van der Waals surface area (Å²) in [5, 5.41) is 0. The summed E-state index contributed by atoms with van der Waals surface area (Å²) in [5.41, 5.74) is -1.44. The molecule has 2 nitrogen and oxygen atoms in total. The van der Waals surface area contributed by atoms with Gasteiger partial charge in [-0.2, -0.15) is 0 Å². The van der Waals surface area contributed by atoms with Crippen molar-refractivity contribution >= 4 is 19.8 Å². The van der Waals surface area contributed by atoms with Crippen molar-refractivity contribution in [3.63, 3.8) is 0 Å². The zero-order valence-corrected chi connectivity index (χ0v) is 8.18. The van der Waals surface area contributed by atoms with E-state index in [4.69, 9.17) is 7.85 Å². The third kappa shape index (κ3) is 3.20. The first-order chi connectivity index (χ1) is 5.21. The van der Waals surface area contributed by atoms with Crippen LogP contribution < -0.4 is 0 Å². The molecule has 0 aromatic rings. The second-order valence-corrected chi connectivity index (χ2v) is 4.53. The van der Waals surface area contributed by atoms with E-state index in [1.807, 2.05) is 0 Å². The average molecular weight is 166 g/mol. The highest BCUT2D eigenvalue weighted by molar-refractivity contribution is 6.58. The molecule has 66 valence electrons. The highest BCUT2D eigenvalue weighted by Gasteiger charge is 2.31. The lowest BCUT2D eigenvalue weighted by Gasteiger charge is -2.29. The Hall–Kier alpha value is -0.595. The van der Waals surface area contributed by atoms with Crippen molar-refractivity contribution < 1.29 is 9.59 Å². The van der Waals surface area contributed by atoms with Crippen LogP contribution in [0.5, 0.6) is 0 Å². The van der Waals surface area contributed by atoms with Crippen LogP contribution in [0.15, 0.2) is 0 Å². The van der Waals surface area contributed by atoms with Crippen LogP contribution in [-0.4, -0.2) is 19.8 Å². The molecule has 0 aromatic carbocycles. The first-order valence-corrected chi connectivity index (χ1v) is 3.97. The van der Waals surface area contributed by atoms with E-state index in [0.29, 0.717) is 6.42 Å². The molecule has 0 aliphatic carbocycles. The molecule has 0 amide bonds. The lowest BCUT2D eigenvalue weighted by molar-refractivity contribution is -0.122. The minimum atomic E-state index is -0.607. The Labute approximate surface area is 75.1 Å². The summed E-state index contributed by atoms with van der Waals surface area (Å²) in [6.07, 6.45) is 1.34. The van der Waals surface area contributed by atoms with Crippen LogP contribution in [-0.2, 0) is 9.59 Å². The Morgan fingerprint density at radius 3 is 2.00 bits per heavy atom. The maximum Gasteiger partial charge on any atom is 0.168 e. The Bertz CT molecular complexity index is 195. The summed E-state index contributed by atoms with van der Waals surface area (Å²) < 4.78 is 0. The number of aldehydes is 1. The van der Waals surface area contributed by atoms with Crippen molar-refractivity contribution in [1.29, 1.82) is 0 Å². The van der Waals surface area contributed by atoms with Crippen molar-refractivity contribution in [1.82, 2.24) is 0 Å². The van der Waals surface area contributed by atoms with Gasteiger partial charge >= 0.3 is 0 Å². The summed E-state index contributed by atoms with van der Waals surface area (Å²) in [4.78, 5) is 21.5. The topological polar surface area (TPSA) is 34.1 Å². The van der Waals surface area contributed by atoms with Gasteiger partial charge < -0.3 is 9.59 Å². The quantitative estimate of drug-likeness (QED) is 0.466. The fraction of sp³-hybridized carbons (Fsp3) is 0.778. The van der Waals surface area contributed by atoms with Crippen LogP contribution >= 0.6 is 0 Å². The lowest BCUT2D eigenvalue weighted by atomic mass is 9.68. The van der Waals surface area contributed by atoms with Gasteiger partial charge in [-0.1, -0.05) is 27.7 Å². The number of rotatable bonds is 4. The lowest BCUT2D eigenvalue weighted by Crippen LogP contribution is -2.31. The molecular weight excluding hydrogens is 151 g/mol. The van der Waals surface area contributed by atoms with Gasteiger partial charge in [-0.15, -0.1) is 0 Å². The Morgan fingerprint density at radius 1 is 1.33 bits per heavy atom.